The van der Waals surface area contributed by atoms with Gasteiger partial charge in [-0.2, -0.15) is 0 Å². The monoisotopic (exact) mass is 352 g/mol. The Kier molecular flexibility index (Phi) is 5.02. The van der Waals surface area contributed by atoms with Gasteiger partial charge < -0.3 is 15.7 Å². The van der Waals surface area contributed by atoms with Crippen LogP contribution in [0.1, 0.15) is 29.3 Å². The predicted octanol–water partition coefficient (Wildman–Crippen LogP) is 3.16. The third kappa shape index (κ3) is 4.47. The highest BCUT2D eigenvalue weighted by Gasteiger charge is 2.39. The molecule has 3 rings (SSSR count). The van der Waals surface area contributed by atoms with Crippen LogP contribution >= 0.6 is 0 Å². The number of aliphatic carboxylic acids is 1. The molecule has 0 spiro atoms. The maximum Gasteiger partial charge on any atom is 0.307 e. The molecule has 6 nitrogen and oxygen atoms in total. The van der Waals surface area contributed by atoms with E-state index in [1.54, 1.807) is 48.5 Å². The third-order valence-corrected chi connectivity index (χ3v) is 4.41. The molecule has 2 aromatic carbocycles. The van der Waals surface area contributed by atoms with Crippen molar-refractivity contribution in [2.24, 2.45) is 11.8 Å². The summed E-state index contributed by atoms with van der Waals surface area (Å²) in [5.41, 5.74) is 2.26. The first-order chi connectivity index (χ1) is 12.4. The summed E-state index contributed by atoms with van der Waals surface area (Å²) in [6.45, 7) is 2.04. The van der Waals surface area contributed by atoms with E-state index in [0.717, 1.165) is 6.42 Å². The molecule has 2 amide bonds. The van der Waals surface area contributed by atoms with Gasteiger partial charge in [0, 0.05) is 22.9 Å². The Bertz CT molecular complexity index is 845. The molecule has 0 radical (unpaired) electrons. The Morgan fingerprint density at radius 3 is 2.35 bits per heavy atom. The maximum atomic E-state index is 12.4. The number of anilines is 2. The van der Waals surface area contributed by atoms with Gasteiger partial charge in [-0.15, -0.1) is 0 Å². The van der Waals surface area contributed by atoms with Crippen LogP contribution in [0.25, 0.3) is 0 Å². The molecule has 2 aromatic rings. The summed E-state index contributed by atoms with van der Waals surface area (Å²) in [7, 11) is 0. The van der Waals surface area contributed by atoms with Crippen molar-refractivity contribution >= 4 is 29.2 Å². The van der Waals surface area contributed by atoms with E-state index in [2.05, 4.69) is 10.6 Å². The Morgan fingerprint density at radius 1 is 1.04 bits per heavy atom. The zero-order chi connectivity index (χ0) is 18.7. The van der Waals surface area contributed by atoms with E-state index in [1.807, 2.05) is 6.92 Å². The van der Waals surface area contributed by atoms with E-state index in [-0.39, 0.29) is 24.2 Å². The third-order valence-electron chi connectivity index (χ3n) is 4.41. The van der Waals surface area contributed by atoms with Crippen LogP contribution in [0.2, 0.25) is 0 Å². The van der Waals surface area contributed by atoms with Crippen molar-refractivity contribution in [1.29, 1.82) is 0 Å². The van der Waals surface area contributed by atoms with E-state index >= 15 is 0 Å². The SMILES string of the molecule is CC1CC1C(=O)Nc1cccc(C(=O)Nc2ccc(CC(=O)O)cc2)c1. The molecule has 0 bridgehead atoms. The largest absolute Gasteiger partial charge is 0.481 e. The first-order valence-electron chi connectivity index (χ1n) is 8.45. The van der Waals surface area contributed by atoms with Gasteiger partial charge in [-0.3, -0.25) is 14.4 Å². The number of carboxylic acids is 1. The number of amides is 2. The summed E-state index contributed by atoms with van der Waals surface area (Å²) in [6, 6.07) is 13.4. The lowest BCUT2D eigenvalue weighted by atomic mass is 10.1. The number of hydrogen-bond donors (Lipinski definition) is 3. The first kappa shape index (κ1) is 17.7. The lowest BCUT2D eigenvalue weighted by Crippen LogP contribution is -2.16. The van der Waals surface area contributed by atoms with Gasteiger partial charge in [0.15, 0.2) is 0 Å². The smallest absolute Gasteiger partial charge is 0.307 e. The number of benzene rings is 2. The average molecular weight is 352 g/mol. The van der Waals surface area contributed by atoms with Gasteiger partial charge in [-0.1, -0.05) is 25.1 Å². The van der Waals surface area contributed by atoms with Gasteiger partial charge in [0.25, 0.3) is 5.91 Å². The molecule has 26 heavy (non-hydrogen) atoms. The van der Waals surface area contributed by atoms with E-state index in [1.165, 1.54) is 0 Å². The highest BCUT2D eigenvalue weighted by atomic mass is 16.4. The van der Waals surface area contributed by atoms with Crippen molar-refractivity contribution in [2.45, 2.75) is 19.8 Å². The second-order valence-corrected chi connectivity index (χ2v) is 6.61. The molecule has 2 unspecified atom stereocenters. The zero-order valence-electron chi connectivity index (χ0n) is 14.4. The van der Waals surface area contributed by atoms with Gasteiger partial charge in [-0.05, 0) is 48.2 Å². The standard InChI is InChI=1S/C20H20N2O4/c1-12-9-17(12)20(26)22-16-4-2-3-14(11-16)19(25)21-15-7-5-13(6-8-15)10-18(23)24/h2-8,11-12,17H,9-10H2,1H3,(H,21,25)(H,22,26)(H,23,24). The van der Waals surface area contributed by atoms with E-state index in [9.17, 15) is 14.4 Å². The zero-order valence-corrected chi connectivity index (χ0v) is 14.4. The summed E-state index contributed by atoms with van der Waals surface area (Å²) in [5, 5.41) is 14.4. The van der Waals surface area contributed by atoms with Crippen LogP contribution in [-0.4, -0.2) is 22.9 Å². The molecular formula is C20H20N2O4. The van der Waals surface area contributed by atoms with Crippen LogP contribution < -0.4 is 10.6 Å². The number of carboxylic acid groups (broad SMARTS) is 1. The molecule has 0 aromatic heterocycles. The molecule has 3 N–H and O–H groups in total. The summed E-state index contributed by atoms with van der Waals surface area (Å²) in [5.74, 6) is -0.723. The normalized spacial score (nSPS) is 18.0. The molecule has 0 aliphatic heterocycles. The van der Waals surface area contributed by atoms with Gasteiger partial charge >= 0.3 is 5.97 Å². The van der Waals surface area contributed by atoms with Crippen molar-refractivity contribution < 1.29 is 19.5 Å². The fourth-order valence-corrected chi connectivity index (χ4v) is 2.74. The van der Waals surface area contributed by atoms with Gasteiger partial charge in [0.2, 0.25) is 5.91 Å². The van der Waals surface area contributed by atoms with Crippen LogP contribution in [0, 0.1) is 11.8 Å². The quantitative estimate of drug-likeness (QED) is 0.744. The highest BCUT2D eigenvalue weighted by molar-refractivity contribution is 6.05. The van der Waals surface area contributed by atoms with Crippen molar-refractivity contribution in [3.63, 3.8) is 0 Å². The molecule has 1 saturated carbocycles. The van der Waals surface area contributed by atoms with Crippen LogP contribution in [0.4, 0.5) is 11.4 Å². The van der Waals surface area contributed by atoms with Crippen LogP contribution in [0.3, 0.4) is 0 Å². The van der Waals surface area contributed by atoms with E-state index in [0.29, 0.717) is 28.4 Å². The highest BCUT2D eigenvalue weighted by Crippen LogP contribution is 2.38. The van der Waals surface area contributed by atoms with Crippen molar-refractivity contribution in [2.75, 3.05) is 10.6 Å². The second kappa shape index (κ2) is 7.39. The Balaban J connectivity index is 1.63. The summed E-state index contributed by atoms with van der Waals surface area (Å²) >= 11 is 0. The minimum absolute atomic E-state index is 0.0101. The fraction of sp³-hybridized carbons (Fsp3) is 0.250. The summed E-state index contributed by atoms with van der Waals surface area (Å²) < 4.78 is 0. The molecular weight excluding hydrogens is 332 g/mol. The van der Waals surface area contributed by atoms with E-state index < -0.39 is 5.97 Å². The molecule has 134 valence electrons. The van der Waals surface area contributed by atoms with Crippen molar-refractivity contribution in [3.8, 4) is 0 Å². The summed E-state index contributed by atoms with van der Waals surface area (Å²) in [6.07, 6.45) is 0.847. The second-order valence-electron chi connectivity index (χ2n) is 6.61. The van der Waals surface area contributed by atoms with Gasteiger partial charge in [0.1, 0.15) is 0 Å². The van der Waals surface area contributed by atoms with Crippen LogP contribution in [-0.2, 0) is 16.0 Å². The first-order valence-corrected chi connectivity index (χ1v) is 8.45. The average Bonchev–Trinajstić information content (AvgIpc) is 3.33. The predicted molar refractivity (Wildman–Crippen MR) is 98.1 cm³/mol. The van der Waals surface area contributed by atoms with Crippen LogP contribution in [0.15, 0.2) is 48.5 Å². The molecule has 2 atom stereocenters. The van der Waals surface area contributed by atoms with Crippen molar-refractivity contribution in [3.05, 3.63) is 59.7 Å². The maximum absolute atomic E-state index is 12.4. The lowest BCUT2D eigenvalue weighted by Gasteiger charge is -2.09. The molecule has 1 aliphatic rings. The van der Waals surface area contributed by atoms with Crippen LogP contribution in [0.5, 0.6) is 0 Å². The molecule has 6 heteroatoms. The number of nitrogens with one attached hydrogen (secondary N) is 2. The number of carbonyl (C=O) groups is 3. The lowest BCUT2D eigenvalue weighted by molar-refractivity contribution is -0.136. The fourth-order valence-electron chi connectivity index (χ4n) is 2.74. The molecule has 1 aliphatic carbocycles. The molecule has 0 heterocycles. The van der Waals surface area contributed by atoms with Gasteiger partial charge in [-0.25, -0.2) is 0 Å². The minimum Gasteiger partial charge on any atom is -0.481 e. The van der Waals surface area contributed by atoms with Crippen molar-refractivity contribution in [1.82, 2.24) is 0 Å². The minimum atomic E-state index is -0.902. The molecule has 0 saturated heterocycles. The number of carbonyl (C=O) groups excluding carboxylic acids is 2. The number of hydrogen-bond acceptors (Lipinski definition) is 3. The summed E-state index contributed by atoms with van der Waals surface area (Å²) in [4.78, 5) is 35.1. The van der Waals surface area contributed by atoms with Gasteiger partial charge in [0.05, 0.1) is 6.42 Å². The molecule has 1 fully saturated rings. The Morgan fingerprint density at radius 2 is 1.73 bits per heavy atom. The Hall–Kier alpha value is -3.15. The topological polar surface area (TPSA) is 95.5 Å². The Labute approximate surface area is 151 Å². The van der Waals surface area contributed by atoms with E-state index in [4.69, 9.17) is 5.11 Å². The number of rotatable bonds is 6.